The first-order valence-electron chi connectivity index (χ1n) is 7.19. The molecule has 4 heteroatoms. The Kier molecular flexibility index (Phi) is 4.53. The van der Waals surface area contributed by atoms with Gasteiger partial charge in [0, 0.05) is 25.3 Å². The third kappa shape index (κ3) is 4.25. The van der Waals surface area contributed by atoms with Crippen molar-refractivity contribution in [3.05, 3.63) is 23.8 Å². The van der Waals surface area contributed by atoms with Crippen LogP contribution in [0.3, 0.4) is 0 Å². The molecule has 1 aliphatic rings. The zero-order valence-electron chi connectivity index (χ0n) is 12.6. The minimum Gasteiger partial charge on any atom is -0.312 e. The number of hydrogen-bond acceptors (Lipinski definition) is 4. The van der Waals surface area contributed by atoms with Gasteiger partial charge >= 0.3 is 0 Å². The molecule has 1 unspecified atom stereocenters. The number of nitrogens with zero attached hydrogens (tertiary/aromatic N) is 3. The molecular weight excluding hydrogens is 236 g/mol. The normalized spacial score (nSPS) is 22.2. The van der Waals surface area contributed by atoms with Crippen LogP contribution in [0.2, 0.25) is 0 Å². The maximum atomic E-state index is 4.51. The predicted octanol–water partition coefficient (Wildman–Crippen LogP) is 2.00. The lowest BCUT2D eigenvalue weighted by Gasteiger charge is -2.33. The Labute approximate surface area is 116 Å². The van der Waals surface area contributed by atoms with E-state index in [0.29, 0.717) is 11.5 Å². The fourth-order valence-electron chi connectivity index (χ4n) is 2.54. The average molecular weight is 262 g/mol. The van der Waals surface area contributed by atoms with Crippen molar-refractivity contribution in [1.29, 1.82) is 0 Å². The molecule has 0 spiro atoms. The van der Waals surface area contributed by atoms with Gasteiger partial charge in [-0.2, -0.15) is 0 Å². The third-order valence-electron chi connectivity index (χ3n) is 3.75. The van der Waals surface area contributed by atoms with E-state index in [1.807, 2.05) is 19.2 Å². The molecule has 0 radical (unpaired) electrons. The first kappa shape index (κ1) is 14.4. The van der Waals surface area contributed by atoms with Crippen LogP contribution in [-0.4, -0.2) is 40.5 Å². The van der Waals surface area contributed by atoms with Gasteiger partial charge in [0.25, 0.3) is 0 Å². The second-order valence-electron chi connectivity index (χ2n) is 6.56. The topological polar surface area (TPSA) is 41.1 Å². The predicted molar refractivity (Wildman–Crippen MR) is 77.9 cm³/mol. The maximum Gasteiger partial charge on any atom is 0.125 e. The van der Waals surface area contributed by atoms with Crippen molar-refractivity contribution in [2.45, 2.75) is 46.7 Å². The molecule has 19 heavy (non-hydrogen) atoms. The highest BCUT2D eigenvalue weighted by Crippen LogP contribution is 2.22. The molecule has 4 nitrogen and oxygen atoms in total. The van der Waals surface area contributed by atoms with Crippen LogP contribution in [0.4, 0.5) is 0 Å². The first-order chi connectivity index (χ1) is 8.95. The van der Waals surface area contributed by atoms with E-state index in [4.69, 9.17) is 0 Å². The van der Waals surface area contributed by atoms with E-state index in [-0.39, 0.29) is 0 Å². The van der Waals surface area contributed by atoms with Crippen molar-refractivity contribution < 1.29 is 0 Å². The van der Waals surface area contributed by atoms with Gasteiger partial charge in [0.15, 0.2) is 0 Å². The zero-order valence-corrected chi connectivity index (χ0v) is 12.6. The van der Waals surface area contributed by atoms with Gasteiger partial charge in [-0.1, -0.05) is 20.8 Å². The van der Waals surface area contributed by atoms with E-state index in [1.165, 1.54) is 6.42 Å². The summed E-state index contributed by atoms with van der Waals surface area (Å²) < 4.78 is 0. The van der Waals surface area contributed by atoms with Crippen molar-refractivity contribution >= 4 is 0 Å². The Hall–Kier alpha value is -1.00. The number of nitrogens with one attached hydrogen (secondary N) is 1. The molecule has 1 aromatic heterocycles. The van der Waals surface area contributed by atoms with Gasteiger partial charge in [-0.3, -0.25) is 4.90 Å². The van der Waals surface area contributed by atoms with Crippen molar-refractivity contribution in [1.82, 2.24) is 20.2 Å². The number of aromatic nitrogens is 2. The molecule has 0 aromatic carbocycles. The number of aryl methyl sites for hydroxylation is 1. The highest BCUT2D eigenvalue weighted by Gasteiger charge is 2.28. The summed E-state index contributed by atoms with van der Waals surface area (Å²) >= 11 is 0. The van der Waals surface area contributed by atoms with Gasteiger partial charge in [0.1, 0.15) is 5.82 Å². The Bertz CT molecular complexity index is 411. The Morgan fingerprint density at radius 3 is 2.89 bits per heavy atom. The maximum absolute atomic E-state index is 4.51. The van der Waals surface area contributed by atoms with Crippen LogP contribution in [0.5, 0.6) is 0 Å². The lowest BCUT2D eigenvalue weighted by atomic mass is 9.86. The van der Waals surface area contributed by atoms with Gasteiger partial charge in [-0.25, -0.2) is 9.97 Å². The monoisotopic (exact) mass is 262 g/mol. The number of rotatable bonds is 2. The van der Waals surface area contributed by atoms with Crippen molar-refractivity contribution in [3.63, 3.8) is 0 Å². The van der Waals surface area contributed by atoms with Crippen molar-refractivity contribution in [2.24, 2.45) is 5.41 Å². The highest BCUT2D eigenvalue weighted by atomic mass is 15.2. The summed E-state index contributed by atoms with van der Waals surface area (Å²) in [7, 11) is 0. The minimum atomic E-state index is 0.296. The van der Waals surface area contributed by atoms with Crippen LogP contribution < -0.4 is 5.32 Å². The van der Waals surface area contributed by atoms with Gasteiger partial charge in [0.05, 0.1) is 5.69 Å². The van der Waals surface area contributed by atoms with Crippen LogP contribution in [-0.2, 0) is 6.54 Å². The molecule has 1 saturated heterocycles. The molecule has 1 atom stereocenters. The molecular formula is C15H26N4. The molecule has 0 amide bonds. The van der Waals surface area contributed by atoms with Crippen molar-refractivity contribution in [2.75, 3.05) is 19.6 Å². The quantitative estimate of drug-likeness (QED) is 0.885. The lowest BCUT2D eigenvalue weighted by molar-refractivity contribution is 0.190. The molecule has 106 valence electrons. The summed E-state index contributed by atoms with van der Waals surface area (Å²) in [4.78, 5) is 11.2. The van der Waals surface area contributed by atoms with Crippen LogP contribution in [0.1, 0.15) is 38.7 Å². The van der Waals surface area contributed by atoms with E-state index >= 15 is 0 Å². The molecule has 1 N–H and O–H groups in total. The van der Waals surface area contributed by atoms with Crippen molar-refractivity contribution in [3.8, 4) is 0 Å². The molecule has 2 rings (SSSR count). The molecule has 0 bridgehead atoms. The fraction of sp³-hybridized carbons (Fsp3) is 0.733. The van der Waals surface area contributed by atoms with E-state index in [2.05, 4.69) is 41.0 Å². The van der Waals surface area contributed by atoms with Gasteiger partial charge in [0.2, 0.25) is 0 Å². The summed E-state index contributed by atoms with van der Waals surface area (Å²) in [5.41, 5.74) is 1.42. The molecule has 0 aliphatic carbocycles. The molecule has 0 saturated carbocycles. The van der Waals surface area contributed by atoms with E-state index in [0.717, 1.165) is 37.7 Å². The first-order valence-corrected chi connectivity index (χ1v) is 7.19. The third-order valence-corrected chi connectivity index (χ3v) is 3.75. The summed E-state index contributed by atoms with van der Waals surface area (Å²) in [5, 5.41) is 3.67. The smallest absolute Gasteiger partial charge is 0.125 e. The van der Waals surface area contributed by atoms with Crippen LogP contribution >= 0.6 is 0 Å². The summed E-state index contributed by atoms with van der Waals surface area (Å²) in [6, 6.07) is 2.56. The summed E-state index contributed by atoms with van der Waals surface area (Å²) in [5.74, 6) is 0.859. The Morgan fingerprint density at radius 2 is 2.21 bits per heavy atom. The van der Waals surface area contributed by atoms with Gasteiger partial charge < -0.3 is 5.32 Å². The average Bonchev–Trinajstić information content (AvgIpc) is 2.54. The molecule has 2 heterocycles. The lowest BCUT2D eigenvalue weighted by Crippen LogP contribution is -2.46. The Morgan fingerprint density at radius 1 is 1.42 bits per heavy atom. The minimum absolute atomic E-state index is 0.296. The SMILES string of the molecule is Cc1nccc(CN2CCCNC(C(C)(C)C)C2)n1. The molecule has 1 aromatic rings. The highest BCUT2D eigenvalue weighted by molar-refractivity contribution is 5.02. The number of hydrogen-bond donors (Lipinski definition) is 1. The fourth-order valence-corrected chi connectivity index (χ4v) is 2.54. The van der Waals surface area contributed by atoms with Crippen LogP contribution in [0.15, 0.2) is 12.3 Å². The zero-order chi connectivity index (χ0) is 13.9. The largest absolute Gasteiger partial charge is 0.312 e. The summed E-state index contributed by atoms with van der Waals surface area (Å²) in [6.07, 6.45) is 3.06. The van der Waals surface area contributed by atoms with E-state index < -0.39 is 0 Å². The molecule has 1 fully saturated rings. The summed E-state index contributed by atoms with van der Waals surface area (Å²) in [6.45, 7) is 13.1. The standard InChI is InChI=1S/C15H26N4/c1-12-16-8-6-13(18-12)10-19-9-5-7-17-14(11-19)15(2,3)4/h6,8,14,17H,5,7,9-11H2,1-4H3. The van der Waals surface area contributed by atoms with Gasteiger partial charge in [-0.15, -0.1) is 0 Å². The van der Waals surface area contributed by atoms with E-state index in [1.54, 1.807) is 0 Å². The second kappa shape index (κ2) is 5.97. The Balaban J connectivity index is 2.02. The van der Waals surface area contributed by atoms with Crippen LogP contribution in [0.25, 0.3) is 0 Å². The van der Waals surface area contributed by atoms with E-state index in [9.17, 15) is 0 Å². The second-order valence-corrected chi connectivity index (χ2v) is 6.56. The van der Waals surface area contributed by atoms with Gasteiger partial charge in [-0.05, 0) is 37.9 Å². The van der Waals surface area contributed by atoms with Crippen LogP contribution in [0, 0.1) is 12.3 Å². The molecule has 1 aliphatic heterocycles.